The molecule has 0 radical (unpaired) electrons. The molecule has 0 aliphatic carbocycles. The molecule has 1 aromatic heterocycles. The van der Waals surface area contributed by atoms with E-state index in [-0.39, 0.29) is 22.7 Å². The van der Waals surface area contributed by atoms with Crippen molar-refractivity contribution in [3.8, 4) is 5.75 Å². The lowest BCUT2D eigenvalue weighted by atomic mass is 9.86. The van der Waals surface area contributed by atoms with Crippen LogP contribution in [0.25, 0.3) is 0 Å². The Labute approximate surface area is 191 Å². The minimum absolute atomic E-state index is 0.00805. The highest BCUT2D eigenvalue weighted by molar-refractivity contribution is 6.32. The molecule has 1 saturated heterocycles. The van der Waals surface area contributed by atoms with Crippen LogP contribution in [0.4, 0.5) is 23.2 Å². The molecule has 1 aromatic carbocycles. The van der Waals surface area contributed by atoms with E-state index in [4.69, 9.17) is 21.1 Å². The molecule has 0 bridgehead atoms. The number of pyridine rings is 1. The number of rotatable bonds is 5. The van der Waals surface area contributed by atoms with Gasteiger partial charge in [-0.15, -0.1) is 0 Å². The van der Waals surface area contributed by atoms with Crippen molar-refractivity contribution in [2.75, 3.05) is 19.5 Å². The van der Waals surface area contributed by atoms with Crippen molar-refractivity contribution in [3.63, 3.8) is 0 Å². The number of methoxy groups -OCH3 is 1. The number of carbonyl (C=O) groups is 2. The zero-order chi connectivity index (χ0) is 24.6. The molecule has 0 saturated carbocycles. The predicted molar refractivity (Wildman–Crippen MR) is 111 cm³/mol. The summed E-state index contributed by atoms with van der Waals surface area (Å²) < 4.78 is 65.6. The van der Waals surface area contributed by atoms with E-state index in [0.29, 0.717) is 0 Å². The van der Waals surface area contributed by atoms with Crippen molar-refractivity contribution in [2.24, 2.45) is 0 Å². The number of aromatic nitrogens is 1. The molecule has 2 aromatic rings. The average molecular weight is 490 g/mol. The lowest BCUT2D eigenvalue weighted by Crippen LogP contribution is -2.43. The van der Waals surface area contributed by atoms with E-state index in [1.54, 1.807) is 0 Å². The fourth-order valence-electron chi connectivity index (χ4n) is 3.65. The summed E-state index contributed by atoms with van der Waals surface area (Å²) in [6.07, 6.45) is -5.79. The predicted octanol–water partition coefficient (Wildman–Crippen LogP) is 4.07. The number of nitrogens with one attached hydrogen (secondary N) is 2. The fraction of sp³-hybridized carbons (Fsp3) is 0.381. The summed E-state index contributed by atoms with van der Waals surface area (Å²) in [7, 11) is 2.58. The zero-order valence-corrected chi connectivity index (χ0v) is 18.5. The van der Waals surface area contributed by atoms with Gasteiger partial charge in [-0.1, -0.05) is 17.7 Å². The summed E-state index contributed by atoms with van der Waals surface area (Å²) in [5.41, 5.74) is -2.44. The second kappa shape index (κ2) is 9.14. The minimum Gasteiger partial charge on any atom is -0.495 e. The summed E-state index contributed by atoms with van der Waals surface area (Å²) >= 11 is 5.95. The van der Waals surface area contributed by atoms with Gasteiger partial charge in [-0.25, -0.2) is 4.39 Å². The highest BCUT2D eigenvalue weighted by atomic mass is 35.5. The third kappa shape index (κ3) is 4.74. The molecule has 3 atom stereocenters. The highest BCUT2D eigenvalue weighted by Crippen LogP contribution is 2.52. The Balaban J connectivity index is 2.00. The first-order chi connectivity index (χ1) is 15.4. The monoisotopic (exact) mass is 489 g/mol. The first kappa shape index (κ1) is 24.7. The first-order valence-electron chi connectivity index (χ1n) is 9.67. The van der Waals surface area contributed by atoms with Crippen molar-refractivity contribution >= 4 is 29.1 Å². The van der Waals surface area contributed by atoms with Crippen LogP contribution in [0.3, 0.4) is 0 Å². The average Bonchev–Trinajstić information content (AvgIpc) is 3.14. The Bertz CT molecular complexity index is 1080. The molecule has 3 unspecified atom stereocenters. The lowest BCUT2D eigenvalue weighted by Gasteiger charge is -2.27. The summed E-state index contributed by atoms with van der Waals surface area (Å²) in [6.45, 7) is 0.834. The Morgan fingerprint density at radius 3 is 2.61 bits per heavy atom. The maximum absolute atomic E-state index is 13.9. The Kier molecular flexibility index (Phi) is 6.85. The van der Waals surface area contributed by atoms with Gasteiger partial charge in [0, 0.05) is 30.4 Å². The fourth-order valence-corrected chi connectivity index (χ4v) is 3.90. The number of alkyl halides is 3. The number of amides is 2. The Morgan fingerprint density at radius 1 is 1.30 bits per heavy atom. The van der Waals surface area contributed by atoms with Gasteiger partial charge in [-0.3, -0.25) is 14.6 Å². The van der Waals surface area contributed by atoms with Gasteiger partial charge >= 0.3 is 6.18 Å². The molecular weight excluding hydrogens is 470 g/mol. The molecule has 2 heterocycles. The van der Waals surface area contributed by atoms with Crippen LogP contribution in [0.5, 0.6) is 5.75 Å². The van der Waals surface area contributed by atoms with Crippen LogP contribution in [0.2, 0.25) is 5.02 Å². The number of halogens is 5. The zero-order valence-electron chi connectivity index (χ0n) is 17.7. The molecule has 0 spiro atoms. The number of benzene rings is 1. The van der Waals surface area contributed by atoms with E-state index in [0.717, 1.165) is 13.0 Å². The molecule has 1 fully saturated rings. The van der Waals surface area contributed by atoms with Gasteiger partial charge in [0.1, 0.15) is 28.4 Å². The van der Waals surface area contributed by atoms with Crippen molar-refractivity contribution in [1.29, 1.82) is 0 Å². The number of carbonyl (C=O) groups excluding carboxylic acids is 2. The summed E-state index contributed by atoms with van der Waals surface area (Å²) in [5, 5.41) is 4.41. The van der Waals surface area contributed by atoms with Gasteiger partial charge in [0.25, 0.3) is 11.8 Å². The van der Waals surface area contributed by atoms with E-state index in [9.17, 15) is 27.2 Å². The Morgan fingerprint density at radius 2 is 2.00 bits per heavy atom. The van der Waals surface area contributed by atoms with Gasteiger partial charge in [-0.05, 0) is 31.5 Å². The van der Waals surface area contributed by atoms with Gasteiger partial charge in [0.15, 0.2) is 5.60 Å². The van der Waals surface area contributed by atoms with Gasteiger partial charge in [0.05, 0.1) is 7.11 Å². The quantitative estimate of drug-likeness (QED) is 0.618. The third-order valence-corrected chi connectivity index (χ3v) is 5.74. The second-order valence-electron chi connectivity index (χ2n) is 7.56. The maximum atomic E-state index is 13.9. The van der Waals surface area contributed by atoms with E-state index in [1.807, 2.05) is 0 Å². The molecule has 1 aliphatic rings. The molecule has 1 aliphatic heterocycles. The van der Waals surface area contributed by atoms with Crippen LogP contribution in [0, 0.1) is 5.82 Å². The van der Waals surface area contributed by atoms with Crippen LogP contribution in [0.1, 0.15) is 35.3 Å². The topological polar surface area (TPSA) is 89.6 Å². The van der Waals surface area contributed by atoms with Crippen LogP contribution in [-0.4, -0.2) is 48.8 Å². The van der Waals surface area contributed by atoms with Crippen molar-refractivity contribution in [1.82, 2.24) is 10.3 Å². The standard InChI is InChI=1S/C21H20ClF4N3O4/c1-20(21(24,25)26)9-12(11-4-5-13(23)15(22)16(11)32-3)17(33-20)19(31)29-10-6-7-28-14(8-10)18(30)27-2/h4-8,12,17H,9H2,1-3H3,(H,27,30)(H,28,29,31). The van der Waals surface area contributed by atoms with E-state index in [2.05, 4.69) is 15.6 Å². The normalized spacial score (nSPS) is 22.7. The smallest absolute Gasteiger partial charge is 0.417 e. The van der Waals surface area contributed by atoms with E-state index < -0.39 is 52.9 Å². The van der Waals surface area contributed by atoms with Gasteiger partial charge < -0.3 is 20.1 Å². The number of anilines is 1. The van der Waals surface area contributed by atoms with Crippen LogP contribution in [-0.2, 0) is 9.53 Å². The van der Waals surface area contributed by atoms with E-state index in [1.165, 1.54) is 38.6 Å². The molecule has 12 heteroatoms. The first-order valence-corrected chi connectivity index (χ1v) is 10.0. The number of nitrogens with zero attached hydrogens (tertiary/aromatic N) is 1. The number of hydrogen-bond acceptors (Lipinski definition) is 5. The van der Waals surface area contributed by atoms with Crippen LogP contribution < -0.4 is 15.4 Å². The van der Waals surface area contributed by atoms with Crippen molar-refractivity contribution in [3.05, 3.63) is 52.6 Å². The highest BCUT2D eigenvalue weighted by Gasteiger charge is 2.61. The number of hydrogen-bond donors (Lipinski definition) is 2. The largest absolute Gasteiger partial charge is 0.495 e. The number of ether oxygens (including phenoxy) is 2. The summed E-state index contributed by atoms with van der Waals surface area (Å²) in [5.74, 6) is -3.58. The van der Waals surface area contributed by atoms with Crippen LogP contribution >= 0.6 is 11.6 Å². The van der Waals surface area contributed by atoms with Gasteiger partial charge in [-0.2, -0.15) is 13.2 Å². The van der Waals surface area contributed by atoms with Crippen molar-refractivity contribution in [2.45, 2.75) is 37.1 Å². The molecule has 7 nitrogen and oxygen atoms in total. The van der Waals surface area contributed by atoms with Crippen molar-refractivity contribution < 1.29 is 36.6 Å². The second-order valence-corrected chi connectivity index (χ2v) is 7.94. The SMILES string of the molecule is CNC(=O)c1cc(NC(=O)C2OC(C)(C(F)(F)F)CC2c2ccc(F)c(Cl)c2OC)ccn1. The summed E-state index contributed by atoms with van der Waals surface area (Å²) in [6, 6.07) is 4.83. The summed E-state index contributed by atoms with van der Waals surface area (Å²) in [4.78, 5) is 28.7. The van der Waals surface area contributed by atoms with Gasteiger partial charge in [0.2, 0.25) is 0 Å². The molecule has 2 amide bonds. The lowest BCUT2D eigenvalue weighted by molar-refractivity contribution is -0.261. The molecular formula is C21H20ClF4N3O4. The minimum atomic E-state index is -4.79. The third-order valence-electron chi connectivity index (χ3n) is 5.39. The molecule has 178 valence electrons. The van der Waals surface area contributed by atoms with Crippen LogP contribution in [0.15, 0.2) is 30.5 Å². The molecule has 3 rings (SSSR count). The molecule has 33 heavy (non-hydrogen) atoms. The Hall–Kier alpha value is -2.92. The molecule has 2 N–H and O–H groups in total. The maximum Gasteiger partial charge on any atom is 0.417 e. The van der Waals surface area contributed by atoms with E-state index >= 15 is 0 Å².